The first-order valence-corrected chi connectivity index (χ1v) is 5.22. The Balaban J connectivity index is 2.58. The molecule has 0 atom stereocenters. The maximum Gasteiger partial charge on any atom is 0.137 e. The molecule has 3 heteroatoms. The standard InChI is InChI=1S/C11H7FIN/c12-9-5-3-4-8(11(9)13)10-6-1-2-7-14-10/h1-7H. The first-order chi connectivity index (χ1) is 6.79. The molecular formula is C11H7FIN. The van der Waals surface area contributed by atoms with Gasteiger partial charge in [0.25, 0.3) is 0 Å². The van der Waals surface area contributed by atoms with E-state index >= 15 is 0 Å². The molecule has 0 saturated carbocycles. The van der Waals surface area contributed by atoms with E-state index in [0.29, 0.717) is 3.57 Å². The average Bonchev–Trinajstić information content (AvgIpc) is 2.23. The molecule has 1 aromatic heterocycles. The highest BCUT2D eigenvalue weighted by Crippen LogP contribution is 2.24. The van der Waals surface area contributed by atoms with Crippen LogP contribution in [-0.2, 0) is 0 Å². The highest BCUT2D eigenvalue weighted by atomic mass is 127. The molecule has 2 aromatic rings. The van der Waals surface area contributed by atoms with E-state index in [1.165, 1.54) is 6.07 Å². The van der Waals surface area contributed by atoms with Gasteiger partial charge in [-0.1, -0.05) is 18.2 Å². The molecule has 0 unspecified atom stereocenters. The molecule has 70 valence electrons. The smallest absolute Gasteiger partial charge is 0.137 e. The minimum atomic E-state index is -0.200. The van der Waals surface area contributed by atoms with Gasteiger partial charge < -0.3 is 0 Å². The van der Waals surface area contributed by atoms with Gasteiger partial charge in [0.05, 0.1) is 9.26 Å². The molecule has 0 fully saturated rings. The molecule has 0 aliphatic heterocycles. The van der Waals surface area contributed by atoms with Crippen LogP contribution in [0.25, 0.3) is 11.3 Å². The van der Waals surface area contributed by atoms with E-state index in [-0.39, 0.29) is 5.82 Å². The zero-order valence-corrected chi connectivity index (χ0v) is 9.40. The summed E-state index contributed by atoms with van der Waals surface area (Å²) in [5.74, 6) is -0.200. The van der Waals surface area contributed by atoms with Crippen LogP contribution in [0.1, 0.15) is 0 Å². The predicted molar refractivity (Wildman–Crippen MR) is 62.3 cm³/mol. The fourth-order valence-corrected chi connectivity index (χ4v) is 1.86. The van der Waals surface area contributed by atoms with Crippen molar-refractivity contribution < 1.29 is 4.39 Å². The fourth-order valence-electron chi connectivity index (χ4n) is 1.22. The molecule has 0 spiro atoms. The molecule has 0 N–H and O–H groups in total. The summed E-state index contributed by atoms with van der Waals surface area (Å²) >= 11 is 1.99. The predicted octanol–water partition coefficient (Wildman–Crippen LogP) is 3.49. The van der Waals surface area contributed by atoms with Crippen LogP contribution >= 0.6 is 22.6 Å². The van der Waals surface area contributed by atoms with Crippen molar-refractivity contribution in [1.29, 1.82) is 0 Å². The maximum absolute atomic E-state index is 13.2. The number of nitrogens with zero attached hydrogens (tertiary/aromatic N) is 1. The van der Waals surface area contributed by atoms with Gasteiger partial charge in [-0.2, -0.15) is 0 Å². The van der Waals surface area contributed by atoms with Crippen LogP contribution in [0.4, 0.5) is 4.39 Å². The molecule has 0 saturated heterocycles. The van der Waals surface area contributed by atoms with Crippen LogP contribution in [0, 0.1) is 9.39 Å². The van der Waals surface area contributed by atoms with E-state index in [1.807, 2.05) is 46.9 Å². The van der Waals surface area contributed by atoms with Crippen LogP contribution < -0.4 is 0 Å². The monoisotopic (exact) mass is 299 g/mol. The lowest BCUT2D eigenvalue weighted by Gasteiger charge is -2.03. The molecular weight excluding hydrogens is 292 g/mol. The molecule has 1 aromatic carbocycles. The summed E-state index contributed by atoms with van der Waals surface area (Å²) < 4.78 is 13.8. The van der Waals surface area contributed by atoms with Crippen molar-refractivity contribution in [3.63, 3.8) is 0 Å². The third kappa shape index (κ3) is 1.77. The third-order valence-electron chi connectivity index (χ3n) is 1.89. The number of hydrogen-bond donors (Lipinski definition) is 0. The Bertz CT molecular complexity index is 442. The Morgan fingerprint density at radius 2 is 1.93 bits per heavy atom. The van der Waals surface area contributed by atoms with Crippen molar-refractivity contribution in [2.45, 2.75) is 0 Å². The molecule has 0 aliphatic rings. The topological polar surface area (TPSA) is 12.9 Å². The molecule has 1 nitrogen and oxygen atoms in total. The van der Waals surface area contributed by atoms with E-state index in [9.17, 15) is 4.39 Å². The van der Waals surface area contributed by atoms with E-state index in [0.717, 1.165) is 11.3 Å². The van der Waals surface area contributed by atoms with Crippen LogP contribution in [0.15, 0.2) is 42.6 Å². The van der Waals surface area contributed by atoms with Gasteiger partial charge >= 0.3 is 0 Å². The Kier molecular flexibility index (Phi) is 2.77. The molecule has 2 rings (SSSR count). The summed E-state index contributed by atoms with van der Waals surface area (Å²) in [6, 6.07) is 10.6. The number of pyridine rings is 1. The third-order valence-corrected chi connectivity index (χ3v) is 2.99. The normalized spacial score (nSPS) is 10.1. The zero-order chi connectivity index (χ0) is 9.97. The van der Waals surface area contributed by atoms with Gasteiger partial charge in [0.2, 0.25) is 0 Å². The number of halogens is 2. The average molecular weight is 299 g/mol. The first-order valence-electron chi connectivity index (χ1n) is 4.14. The minimum Gasteiger partial charge on any atom is -0.256 e. The summed E-state index contributed by atoms with van der Waals surface area (Å²) in [5, 5.41) is 0. The Morgan fingerprint density at radius 1 is 1.07 bits per heavy atom. The summed E-state index contributed by atoms with van der Waals surface area (Å²) in [7, 11) is 0. The van der Waals surface area contributed by atoms with Crippen LogP contribution in [-0.4, -0.2) is 4.98 Å². The lowest BCUT2D eigenvalue weighted by molar-refractivity contribution is 0.621. The number of hydrogen-bond acceptors (Lipinski definition) is 1. The Hall–Kier alpha value is -0.970. The largest absolute Gasteiger partial charge is 0.256 e. The zero-order valence-electron chi connectivity index (χ0n) is 7.24. The second-order valence-electron chi connectivity index (χ2n) is 2.82. The van der Waals surface area contributed by atoms with E-state index in [2.05, 4.69) is 4.98 Å². The Morgan fingerprint density at radius 3 is 2.64 bits per heavy atom. The first kappa shape index (κ1) is 9.58. The van der Waals surface area contributed by atoms with Gasteiger partial charge in [-0.3, -0.25) is 4.98 Å². The minimum absolute atomic E-state index is 0.200. The fraction of sp³-hybridized carbons (Fsp3) is 0. The second kappa shape index (κ2) is 4.04. The Labute approximate surface area is 95.1 Å². The number of benzene rings is 1. The van der Waals surface area contributed by atoms with E-state index in [1.54, 1.807) is 12.3 Å². The summed E-state index contributed by atoms with van der Waals surface area (Å²) in [4.78, 5) is 4.18. The number of aromatic nitrogens is 1. The van der Waals surface area contributed by atoms with Crippen molar-refractivity contribution in [3.05, 3.63) is 52.0 Å². The van der Waals surface area contributed by atoms with Crippen LogP contribution in [0.3, 0.4) is 0 Å². The lowest BCUT2D eigenvalue weighted by Crippen LogP contribution is -1.89. The van der Waals surface area contributed by atoms with E-state index < -0.39 is 0 Å². The highest BCUT2D eigenvalue weighted by Gasteiger charge is 2.06. The maximum atomic E-state index is 13.2. The van der Waals surface area contributed by atoms with Gasteiger partial charge in [-0.05, 0) is 40.8 Å². The van der Waals surface area contributed by atoms with Crippen molar-refractivity contribution in [1.82, 2.24) is 4.98 Å². The van der Waals surface area contributed by atoms with Crippen molar-refractivity contribution >= 4 is 22.6 Å². The number of rotatable bonds is 1. The molecule has 0 amide bonds. The molecule has 0 aliphatic carbocycles. The van der Waals surface area contributed by atoms with Gasteiger partial charge in [-0.25, -0.2) is 4.39 Å². The molecule has 0 radical (unpaired) electrons. The van der Waals surface area contributed by atoms with Gasteiger partial charge in [0.1, 0.15) is 5.82 Å². The lowest BCUT2D eigenvalue weighted by atomic mass is 10.1. The SMILES string of the molecule is Fc1cccc(-c2ccccn2)c1I. The second-order valence-corrected chi connectivity index (χ2v) is 3.90. The van der Waals surface area contributed by atoms with E-state index in [4.69, 9.17) is 0 Å². The molecule has 1 heterocycles. The molecule has 14 heavy (non-hydrogen) atoms. The van der Waals surface area contributed by atoms with Gasteiger partial charge in [0, 0.05) is 11.8 Å². The van der Waals surface area contributed by atoms with Gasteiger partial charge in [-0.15, -0.1) is 0 Å². The summed E-state index contributed by atoms with van der Waals surface area (Å²) in [5.41, 5.74) is 1.64. The van der Waals surface area contributed by atoms with Crippen molar-refractivity contribution in [3.8, 4) is 11.3 Å². The van der Waals surface area contributed by atoms with Crippen molar-refractivity contribution in [2.75, 3.05) is 0 Å². The summed E-state index contributed by atoms with van der Waals surface area (Å²) in [6.07, 6.45) is 1.70. The van der Waals surface area contributed by atoms with Crippen LogP contribution in [0.2, 0.25) is 0 Å². The van der Waals surface area contributed by atoms with Crippen LogP contribution in [0.5, 0.6) is 0 Å². The van der Waals surface area contributed by atoms with Crippen molar-refractivity contribution in [2.24, 2.45) is 0 Å². The highest BCUT2D eigenvalue weighted by molar-refractivity contribution is 14.1. The summed E-state index contributed by atoms with van der Waals surface area (Å²) in [6.45, 7) is 0. The van der Waals surface area contributed by atoms with Gasteiger partial charge in [0.15, 0.2) is 0 Å². The molecule has 0 bridgehead atoms. The quantitative estimate of drug-likeness (QED) is 0.735.